The summed E-state index contributed by atoms with van der Waals surface area (Å²) in [6.07, 6.45) is 2.56. The van der Waals surface area contributed by atoms with Gasteiger partial charge in [-0.15, -0.1) is 0 Å². The highest BCUT2D eigenvalue weighted by Gasteiger charge is 2.29. The highest BCUT2D eigenvalue weighted by molar-refractivity contribution is 8.00. The Balaban J connectivity index is 2.49. The Morgan fingerprint density at radius 3 is 2.42 bits per heavy atom. The van der Waals surface area contributed by atoms with Gasteiger partial charge < -0.3 is 10.2 Å². The van der Waals surface area contributed by atoms with Crippen LogP contribution < -0.4 is 5.32 Å². The van der Waals surface area contributed by atoms with Crippen LogP contribution >= 0.6 is 11.8 Å². The molecule has 0 aromatic carbocycles. The van der Waals surface area contributed by atoms with E-state index in [1.807, 2.05) is 0 Å². The molecule has 2 atom stereocenters. The topological polar surface area (TPSA) is 15.3 Å². The van der Waals surface area contributed by atoms with E-state index in [0.29, 0.717) is 5.41 Å². The number of hydrogen-bond acceptors (Lipinski definition) is 3. The van der Waals surface area contributed by atoms with E-state index in [-0.39, 0.29) is 5.54 Å². The fourth-order valence-corrected chi connectivity index (χ4v) is 3.73. The highest BCUT2D eigenvalue weighted by atomic mass is 32.2. The van der Waals surface area contributed by atoms with Crippen molar-refractivity contribution >= 4 is 11.8 Å². The van der Waals surface area contributed by atoms with Crippen molar-refractivity contribution in [1.29, 1.82) is 0 Å². The average Bonchev–Trinajstić information content (AvgIpc) is 2.36. The molecule has 2 nitrogen and oxygen atoms in total. The Bertz CT molecular complexity index is 262. The largest absolute Gasteiger partial charge is 0.311 e. The lowest BCUT2D eigenvalue weighted by Gasteiger charge is -2.40. The van der Waals surface area contributed by atoms with Gasteiger partial charge in [0.05, 0.1) is 0 Å². The minimum absolute atomic E-state index is 0.222. The number of nitrogens with one attached hydrogen (secondary N) is 1. The van der Waals surface area contributed by atoms with Gasteiger partial charge in [0.1, 0.15) is 0 Å². The minimum Gasteiger partial charge on any atom is -0.311 e. The summed E-state index contributed by atoms with van der Waals surface area (Å²) in [5, 5.41) is 4.55. The van der Waals surface area contributed by atoms with Crippen LogP contribution in [0.25, 0.3) is 0 Å². The van der Waals surface area contributed by atoms with Crippen molar-refractivity contribution < 1.29 is 0 Å². The zero-order valence-electron chi connectivity index (χ0n) is 13.9. The molecule has 1 fully saturated rings. The lowest BCUT2D eigenvalue weighted by Crippen LogP contribution is -2.49. The third-order valence-electron chi connectivity index (χ3n) is 4.18. The molecule has 0 amide bonds. The normalized spacial score (nSPS) is 25.3. The maximum Gasteiger partial charge on any atom is 0.0172 e. The molecule has 114 valence electrons. The predicted molar refractivity (Wildman–Crippen MR) is 89.1 cm³/mol. The summed E-state index contributed by atoms with van der Waals surface area (Å²) in [6, 6.07) is 0. The van der Waals surface area contributed by atoms with Gasteiger partial charge in [-0.25, -0.2) is 0 Å². The molecule has 1 saturated heterocycles. The van der Waals surface area contributed by atoms with Crippen molar-refractivity contribution in [3.8, 4) is 0 Å². The molecule has 0 aromatic rings. The predicted octanol–water partition coefficient (Wildman–Crippen LogP) is 3.62. The first-order valence-corrected chi connectivity index (χ1v) is 8.92. The fourth-order valence-electron chi connectivity index (χ4n) is 2.48. The molecule has 0 aliphatic carbocycles. The molecule has 1 heterocycles. The van der Waals surface area contributed by atoms with Gasteiger partial charge in [-0.05, 0) is 39.0 Å². The van der Waals surface area contributed by atoms with E-state index in [1.54, 1.807) is 0 Å². The Morgan fingerprint density at radius 1 is 1.21 bits per heavy atom. The Morgan fingerprint density at radius 2 is 1.89 bits per heavy atom. The molecular formula is C16H34N2S. The number of thioether (sulfide) groups is 1. The monoisotopic (exact) mass is 286 g/mol. The van der Waals surface area contributed by atoms with Crippen LogP contribution in [0.2, 0.25) is 0 Å². The minimum atomic E-state index is 0.222. The van der Waals surface area contributed by atoms with Crippen LogP contribution in [-0.2, 0) is 0 Å². The molecule has 1 aliphatic heterocycles. The summed E-state index contributed by atoms with van der Waals surface area (Å²) in [7, 11) is 0. The van der Waals surface area contributed by atoms with Gasteiger partial charge >= 0.3 is 0 Å². The van der Waals surface area contributed by atoms with E-state index >= 15 is 0 Å². The number of hydrogen-bond donors (Lipinski definition) is 1. The molecular weight excluding hydrogens is 252 g/mol. The van der Waals surface area contributed by atoms with Gasteiger partial charge in [0, 0.05) is 42.7 Å². The molecule has 0 bridgehead atoms. The maximum absolute atomic E-state index is 3.70. The molecule has 1 aliphatic rings. The summed E-state index contributed by atoms with van der Waals surface area (Å²) >= 11 is 2.16. The molecule has 0 aromatic heterocycles. The molecule has 0 radical (unpaired) electrons. The van der Waals surface area contributed by atoms with Gasteiger partial charge in [0.15, 0.2) is 0 Å². The molecule has 1 N–H and O–H groups in total. The Kier molecular flexibility index (Phi) is 6.68. The molecule has 2 unspecified atom stereocenters. The van der Waals surface area contributed by atoms with Gasteiger partial charge in [0.25, 0.3) is 0 Å². The van der Waals surface area contributed by atoms with Crippen molar-refractivity contribution in [2.24, 2.45) is 5.41 Å². The third-order valence-corrected chi connectivity index (χ3v) is 5.55. The van der Waals surface area contributed by atoms with Crippen LogP contribution in [0.4, 0.5) is 0 Å². The quantitative estimate of drug-likeness (QED) is 0.803. The highest BCUT2D eigenvalue weighted by Crippen LogP contribution is 2.27. The van der Waals surface area contributed by atoms with E-state index in [2.05, 4.69) is 63.5 Å². The molecule has 3 heteroatoms. The maximum atomic E-state index is 3.70. The summed E-state index contributed by atoms with van der Waals surface area (Å²) < 4.78 is 0. The van der Waals surface area contributed by atoms with Crippen LogP contribution in [0.1, 0.15) is 54.4 Å². The van der Waals surface area contributed by atoms with Crippen LogP contribution in [0, 0.1) is 5.41 Å². The van der Waals surface area contributed by atoms with E-state index in [0.717, 1.165) is 11.8 Å². The van der Waals surface area contributed by atoms with Gasteiger partial charge in [-0.1, -0.05) is 20.8 Å². The second kappa shape index (κ2) is 7.33. The second-order valence-electron chi connectivity index (χ2n) is 7.40. The van der Waals surface area contributed by atoms with E-state index in [9.17, 15) is 0 Å². The van der Waals surface area contributed by atoms with Crippen LogP contribution in [0.15, 0.2) is 0 Å². The van der Waals surface area contributed by atoms with Gasteiger partial charge in [0.2, 0.25) is 0 Å². The van der Waals surface area contributed by atoms with Crippen LogP contribution in [0.3, 0.4) is 0 Å². The van der Waals surface area contributed by atoms with Crippen molar-refractivity contribution in [3.05, 3.63) is 0 Å². The molecule has 0 saturated carbocycles. The van der Waals surface area contributed by atoms with E-state index in [4.69, 9.17) is 0 Å². The van der Waals surface area contributed by atoms with E-state index in [1.165, 1.54) is 38.2 Å². The van der Waals surface area contributed by atoms with E-state index < -0.39 is 0 Å². The van der Waals surface area contributed by atoms with Crippen molar-refractivity contribution in [3.63, 3.8) is 0 Å². The summed E-state index contributed by atoms with van der Waals surface area (Å²) in [5.41, 5.74) is 0.619. The lowest BCUT2D eigenvalue weighted by atomic mass is 9.85. The average molecular weight is 287 g/mol. The smallest absolute Gasteiger partial charge is 0.0172 e. The first-order valence-electron chi connectivity index (χ1n) is 7.87. The summed E-state index contributed by atoms with van der Waals surface area (Å²) in [5.74, 6) is 1.31. The van der Waals surface area contributed by atoms with Crippen LogP contribution in [-0.4, -0.2) is 47.6 Å². The van der Waals surface area contributed by atoms with Crippen molar-refractivity contribution in [1.82, 2.24) is 10.2 Å². The summed E-state index contributed by atoms with van der Waals surface area (Å²) in [6.45, 7) is 18.8. The van der Waals surface area contributed by atoms with Crippen molar-refractivity contribution in [2.45, 2.75) is 65.2 Å². The second-order valence-corrected chi connectivity index (χ2v) is 8.81. The SMILES string of the molecule is CCC1CN(CC(C)(CC)CNC(C)(C)C)CCS1. The third kappa shape index (κ3) is 6.50. The summed E-state index contributed by atoms with van der Waals surface area (Å²) in [4.78, 5) is 2.69. The first kappa shape index (κ1) is 17.3. The van der Waals surface area contributed by atoms with Gasteiger partial charge in [-0.3, -0.25) is 0 Å². The first-order chi connectivity index (χ1) is 8.78. The standard InChI is InChI=1S/C16H34N2S/c1-7-14-11-18(9-10-19-14)13-16(6,8-2)12-17-15(3,4)5/h14,17H,7-13H2,1-6H3. The lowest BCUT2D eigenvalue weighted by molar-refractivity contribution is 0.149. The number of nitrogens with zero attached hydrogens (tertiary/aromatic N) is 1. The zero-order valence-corrected chi connectivity index (χ0v) is 14.7. The number of rotatable bonds is 6. The van der Waals surface area contributed by atoms with Crippen molar-refractivity contribution in [2.75, 3.05) is 31.9 Å². The fraction of sp³-hybridized carbons (Fsp3) is 1.00. The molecule has 0 spiro atoms. The Hall–Kier alpha value is 0.270. The molecule has 1 rings (SSSR count). The van der Waals surface area contributed by atoms with Crippen LogP contribution in [0.5, 0.6) is 0 Å². The van der Waals surface area contributed by atoms with Gasteiger partial charge in [-0.2, -0.15) is 11.8 Å². The Labute approximate surface area is 125 Å². The molecule has 19 heavy (non-hydrogen) atoms. The zero-order chi connectivity index (χ0) is 14.5.